The van der Waals surface area contributed by atoms with Crippen LogP contribution >= 0.6 is 11.6 Å². The monoisotopic (exact) mass is 322 g/mol. The summed E-state index contributed by atoms with van der Waals surface area (Å²) in [4.78, 5) is 9.77. The van der Waals surface area contributed by atoms with E-state index in [1.54, 1.807) is 0 Å². The number of non-ortho nitro benzene ring substituents is 1. The van der Waals surface area contributed by atoms with Crippen LogP contribution in [0.5, 0.6) is 0 Å². The second kappa shape index (κ2) is 6.98. The number of halogens is 1. The van der Waals surface area contributed by atoms with E-state index in [-0.39, 0.29) is 22.2 Å². The van der Waals surface area contributed by atoms with Gasteiger partial charge in [-0.15, -0.1) is 0 Å². The maximum absolute atomic E-state index is 12.3. The largest absolute Gasteiger partial charge is 0.385 e. The number of nitro benzene ring substituents is 1. The first kappa shape index (κ1) is 16.8. The quantitative estimate of drug-likeness (QED) is 0.434. The molecule has 0 radical (unpaired) electrons. The fourth-order valence-corrected chi connectivity index (χ4v) is 3.22. The molecule has 112 valence electrons. The second-order valence-electron chi connectivity index (χ2n) is 4.04. The lowest BCUT2D eigenvalue weighted by Gasteiger charge is -2.17. The normalized spacial score (nSPS) is 11.8. The molecule has 7 nitrogen and oxygen atoms in total. The van der Waals surface area contributed by atoms with Crippen LogP contribution in [-0.4, -0.2) is 45.0 Å². The van der Waals surface area contributed by atoms with Crippen molar-refractivity contribution in [2.24, 2.45) is 0 Å². The van der Waals surface area contributed by atoms with E-state index in [2.05, 4.69) is 0 Å². The number of hydrogen-bond acceptors (Lipinski definition) is 5. The SMILES string of the molecule is COCCCN(C)S(=O)(=O)c1cc([N+](=O)[O-])ccc1Cl. The molecule has 1 aromatic rings. The van der Waals surface area contributed by atoms with E-state index in [1.165, 1.54) is 20.2 Å². The fraction of sp³-hybridized carbons (Fsp3) is 0.455. The Morgan fingerprint density at radius 1 is 1.45 bits per heavy atom. The van der Waals surface area contributed by atoms with Crippen molar-refractivity contribution < 1.29 is 18.1 Å². The van der Waals surface area contributed by atoms with Crippen molar-refractivity contribution in [3.05, 3.63) is 33.3 Å². The Bertz CT molecular complexity index is 590. The number of sulfonamides is 1. The van der Waals surface area contributed by atoms with Crippen LogP contribution in [0.2, 0.25) is 5.02 Å². The molecule has 0 aliphatic rings. The number of ether oxygens (including phenoxy) is 1. The zero-order valence-electron chi connectivity index (χ0n) is 11.1. The molecular formula is C11H15ClN2O5S. The van der Waals surface area contributed by atoms with Gasteiger partial charge in [0.25, 0.3) is 5.69 Å². The van der Waals surface area contributed by atoms with Gasteiger partial charge in [-0.25, -0.2) is 12.7 Å². The Labute approximate surface area is 122 Å². The molecule has 0 aliphatic heterocycles. The van der Waals surface area contributed by atoms with E-state index in [0.717, 1.165) is 16.4 Å². The van der Waals surface area contributed by atoms with Gasteiger partial charge in [0.15, 0.2) is 0 Å². The first-order valence-corrected chi connectivity index (χ1v) is 7.51. The van der Waals surface area contributed by atoms with Crippen LogP contribution in [0.4, 0.5) is 5.69 Å². The van der Waals surface area contributed by atoms with E-state index in [1.807, 2.05) is 0 Å². The van der Waals surface area contributed by atoms with Gasteiger partial charge >= 0.3 is 0 Å². The van der Waals surface area contributed by atoms with Crippen molar-refractivity contribution in [3.8, 4) is 0 Å². The molecule has 0 atom stereocenters. The number of nitro groups is 1. The van der Waals surface area contributed by atoms with Crippen molar-refractivity contribution in [1.29, 1.82) is 0 Å². The predicted octanol–water partition coefficient (Wildman–Crippen LogP) is 1.91. The first-order chi connectivity index (χ1) is 9.30. The molecule has 0 heterocycles. The van der Waals surface area contributed by atoms with Crippen LogP contribution < -0.4 is 0 Å². The Kier molecular flexibility index (Phi) is 5.88. The fourth-order valence-electron chi connectivity index (χ4n) is 1.52. The van der Waals surface area contributed by atoms with Gasteiger partial charge in [-0.1, -0.05) is 11.6 Å². The minimum Gasteiger partial charge on any atom is -0.385 e. The standard InChI is InChI=1S/C11H15ClN2O5S/c1-13(6-3-7-19-2)20(17,18)11-8-9(14(15)16)4-5-10(11)12/h4-5,8H,3,6-7H2,1-2H3. The lowest BCUT2D eigenvalue weighted by molar-refractivity contribution is -0.385. The summed E-state index contributed by atoms with van der Waals surface area (Å²) in [6, 6.07) is 3.33. The molecule has 1 aromatic carbocycles. The maximum Gasteiger partial charge on any atom is 0.270 e. The van der Waals surface area contributed by atoms with Crippen molar-refractivity contribution >= 4 is 27.3 Å². The number of benzene rings is 1. The highest BCUT2D eigenvalue weighted by atomic mass is 35.5. The number of nitrogens with zero attached hydrogens (tertiary/aromatic N) is 2. The molecule has 0 spiro atoms. The molecule has 0 unspecified atom stereocenters. The van der Waals surface area contributed by atoms with Crippen LogP contribution in [0.15, 0.2) is 23.1 Å². The second-order valence-corrected chi connectivity index (χ2v) is 6.47. The summed E-state index contributed by atoms with van der Waals surface area (Å²) >= 11 is 5.84. The summed E-state index contributed by atoms with van der Waals surface area (Å²) in [5.74, 6) is 0. The molecule has 0 bridgehead atoms. The van der Waals surface area contributed by atoms with Gasteiger partial charge in [-0.05, 0) is 12.5 Å². The minimum atomic E-state index is -3.86. The third kappa shape index (κ3) is 3.89. The summed E-state index contributed by atoms with van der Waals surface area (Å²) in [5.41, 5.74) is -0.321. The average molecular weight is 323 g/mol. The maximum atomic E-state index is 12.3. The highest BCUT2D eigenvalue weighted by Gasteiger charge is 2.25. The average Bonchev–Trinajstić information content (AvgIpc) is 2.38. The van der Waals surface area contributed by atoms with Crippen LogP contribution in [0.1, 0.15) is 6.42 Å². The molecule has 0 amide bonds. The molecule has 9 heteroatoms. The van der Waals surface area contributed by atoms with E-state index >= 15 is 0 Å². The Morgan fingerprint density at radius 3 is 2.65 bits per heavy atom. The lowest BCUT2D eigenvalue weighted by Crippen LogP contribution is -2.28. The van der Waals surface area contributed by atoms with E-state index in [0.29, 0.717) is 13.0 Å². The predicted molar refractivity (Wildman–Crippen MR) is 74.4 cm³/mol. The van der Waals surface area contributed by atoms with Crippen LogP contribution in [0.25, 0.3) is 0 Å². The van der Waals surface area contributed by atoms with Crippen molar-refractivity contribution in [3.63, 3.8) is 0 Å². The number of hydrogen-bond donors (Lipinski definition) is 0. The van der Waals surface area contributed by atoms with E-state index in [9.17, 15) is 18.5 Å². The zero-order chi connectivity index (χ0) is 15.3. The summed E-state index contributed by atoms with van der Waals surface area (Å²) in [6.07, 6.45) is 0.513. The summed E-state index contributed by atoms with van der Waals surface area (Å²) in [5, 5.41) is 10.7. The summed E-state index contributed by atoms with van der Waals surface area (Å²) in [6.45, 7) is 0.651. The molecule has 0 aliphatic carbocycles. The van der Waals surface area contributed by atoms with Crippen LogP contribution in [0, 0.1) is 10.1 Å². The smallest absolute Gasteiger partial charge is 0.270 e. The molecule has 0 aromatic heterocycles. The molecule has 0 fully saturated rings. The number of methoxy groups -OCH3 is 1. The number of rotatable bonds is 7. The molecule has 20 heavy (non-hydrogen) atoms. The Hall–Kier alpha value is -1.22. The van der Waals surface area contributed by atoms with Gasteiger partial charge in [-0.2, -0.15) is 0 Å². The van der Waals surface area contributed by atoms with Gasteiger partial charge < -0.3 is 4.74 Å². The van der Waals surface area contributed by atoms with Crippen molar-refractivity contribution in [1.82, 2.24) is 4.31 Å². The lowest BCUT2D eigenvalue weighted by atomic mass is 10.3. The molecule has 1 rings (SSSR count). The van der Waals surface area contributed by atoms with Gasteiger partial charge in [-0.3, -0.25) is 10.1 Å². The van der Waals surface area contributed by atoms with Crippen LogP contribution in [0.3, 0.4) is 0 Å². The van der Waals surface area contributed by atoms with Gasteiger partial charge in [0.1, 0.15) is 4.90 Å². The Morgan fingerprint density at radius 2 is 2.10 bits per heavy atom. The molecule has 0 saturated carbocycles. The Balaban J connectivity index is 3.08. The minimum absolute atomic E-state index is 0.0470. The first-order valence-electron chi connectivity index (χ1n) is 5.70. The molecule has 0 saturated heterocycles. The van der Waals surface area contributed by atoms with Crippen molar-refractivity contribution in [2.75, 3.05) is 27.3 Å². The summed E-state index contributed by atoms with van der Waals surface area (Å²) < 4.78 is 30.5. The third-order valence-corrected chi connectivity index (χ3v) is 4.97. The highest BCUT2D eigenvalue weighted by molar-refractivity contribution is 7.89. The van der Waals surface area contributed by atoms with Gasteiger partial charge in [0.2, 0.25) is 10.0 Å². The van der Waals surface area contributed by atoms with E-state index < -0.39 is 14.9 Å². The zero-order valence-corrected chi connectivity index (χ0v) is 12.6. The highest BCUT2D eigenvalue weighted by Crippen LogP contribution is 2.28. The summed E-state index contributed by atoms with van der Waals surface area (Å²) in [7, 11) is -0.956. The van der Waals surface area contributed by atoms with Gasteiger partial charge in [0.05, 0.1) is 9.95 Å². The van der Waals surface area contributed by atoms with Crippen LogP contribution in [-0.2, 0) is 14.8 Å². The molecule has 0 N–H and O–H groups in total. The van der Waals surface area contributed by atoms with Crippen molar-refractivity contribution in [2.45, 2.75) is 11.3 Å². The van der Waals surface area contributed by atoms with E-state index in [4.69, 9.17) is 16.3 Å². The topological polar surface area (TPSA) is 89.8 Å². The van der Waals surface area contributed by atoms with Gasteiger partial charge in [0, 0.05) is 39.4 Å². The molecular weight excluding hydrogens is 308 g/mol. The third-order valence-electron chi connectivity index (χ3n) is 2.64.